The van der Waals surface area contributed by atoms with Crippen molar-refractivity contribution in [2.45, 2.75) is 57.5 Å². The van der Waals surface area contributed by atoms with Crippen molar-refractivity contribution in [3.8, 4) is 0 Å². The molecule has 1 saturated heterocycles. The average Bonchev–Trinajstić information content (AvgIpc) is 3.31. The number of fused-ring (bicyclic) bond motifs is 2. The third-order valence-electron chi connectivity index (χ3n) is 7.54. The molecule has 198 valence electrons. The van der Waals surface area contributed by atoms with E-state index in [0.29, 0.717) is 32.0 Å². The summed E-state index contributed by atoms with van der Waals surface area (Å²) in [6.07, 6.45) is 0.582. The molecule has 0 radical (unpaired) electrons. The highest BCUT2D eigenvalue weighted by Crippen LogP contribution is 2.57. The Bertz CT molecular complexity index is 1420. The Hall–Kier alpha value is -2.49. The number of hydrogen-bond acceptors (Lipinski definition) is 3. The van der Waals surface area contributed by atoms with Gasteiger partial charge in [-0.25, -0.2) is 4.39 Å². The molecule has 5 nitrogen and oxygen atoms in total. The number of carbonyl (C=O) groups excluding carboxylic acids is 2. The van der Waals surface area contributed by atoms with E-state index in [2.05, 4.69) is 36.7 Å². The first-order chi connectivity index (χ1) is 17.9. The number of nitrogens with one attached hydrogen (secondary N) is 3. The second-order valence-corrected chi connectivity index (χ2v) is 13.0. The van der Waals surface area contributed by atoms with Crippen LogP contribution in [0.4, 0.5) is 15.8 Å². The first-order valence-electron chi connectivity index (χ1n) is 12.6. The van der Waals surface area contributed by atoms with Crippen LogP contribution in [0.25, 0.3) is 0 Å². The van der Waals surface area contributed by atoms with Crippen molar-refractivity contribution in [2.75, 3.05) is 10.6 Å². The van der Waals surface area contributed by atoms with Gasteiger partial charge in [-0.2, -0.15) is 0 Å². The Labute approximate surface area is 241 Å². The topological polar surface area (TPSA) is 70.2 Å². The minimum absolute atomic E-state index is 0.184. The molecule has 3 N–H and O–H groups in total. The number of aryl methyl sites for hydroxylation is 1. The molecule has 0 saturated carbocycles. The Balaban J connectivity index is 1.72. The van der Waals surface area contributed by atoms with Crippen molar-refractivity contribution in [1.29, 1.82) is 0 Å². The number of hydrogen-bond donors (Lipinski definition) is 3. The van der Waals surface area contributed by atoms with Gasteiger partial charge >= 0.3 is 0 Å². The molecule has 0 bridgehead atoms. The van der Waals surface area contributed by atoms with Crippen LogP contribution in [0.1, 0.15) is 49.8 Å². The van der Waals surface area contributed by atoms with Crippen LogP contribution in [0.5, 0.6) is 0 Å². The fourth-order valence-corrected chi connectivity index (χ4v) is 6.70. The molecule has 0 unspecified atom stereocenters. The van der Waals surface area contributed by atoms with Crippen LogP contribution in [0.3, 0.4) is 0 Å². The summed E-state index contributed by atoms with van der Waals surface area (Å²) in [6, 6.07) is 16.7. The highest BCUT2D eigenvalue weighted by molar-refractivity contribution is 14.1. The van der Waals surface area contributed by atoms with Crippen LogP contribution < -0.4 is 16.0 Å². The first kappa shape index (κ1) is 27.1. The summed E-state index contributed by atoms with van der Waals surface area (Å²) in [4.78, 5) is 28.1. The van der Waals surface area contributed by atoms with E-state index in [4.69, 9.17) is 11.6 Å². The van der Waals surface area contributed by atoms with Crippen LogP contribution in [-0.4, -0.2) is 23.9 Å². The second kappa shape index (κ2) is 9.92. The van der Waals surface area contributed by atoms with Gasteiger partial charge in [0.1, 0.15) is 11.2 Å². The molecular weight excluding hydrogens is 616 g/mol. The summed E-state index contributed by atoms with van der Waals surface area (Å²) in [6.45, 7) is 8.26. The molecule has 2 amide bonds. The van der Waals surface area contributed by atoms with Crippen LogP contribution in [-0.2, 0) is 15.0 Å². The molecule has 3 aromatic carbocycles. The largest absolute Gasteiger partial charge is 0.325 e. The van der Waals surface area contributed by atoms with Crippen molar-refractivity contribution in [3.63, 3.8) is 0 Å². The molecule has 5 rings (SSSR count). The van der Waals surface area contributed by atoms with Gasteiger partial charge in [0.15, 0.2) is 0 Å². The summed E-state index contributed by atoms with van der Waals surface area (Å²) in [5.74, 6) is -1.80. The van der Waals surface area contributed by atoms with Crippen LogP contribution in [0.15, 0.2) is 60.7 Å². The van der Waals surface area contributed by atoms with Crippen molar-refractivity contribution in [2.24, 2.45) is 5.41 Å². The lowest BCUT2D eigenvalue weighted by Gasteiger charge is -2.37. The lowest BCUT2D eigenvalue weighted by atomic mass is 9.62. The standard InChI is InChI=1S/C30H30ClFIN3O2/c1-16-8-11-18(12-9-16)34-27(37)26-24(19-6-5-7-21(33)25(19)32)30(23(36-26)15-29(2,3)4)20-13-10-17(31)14-22(20)35-28(30)38/h5-14,23-24,26,36H,15H2,1-4H3,(H,34,37)(H,35,38)/t23-,24-,26+,30+/m0/s1. The van der Waals surface area contributed by atoms with Gasteiger partial charge in [-0.15, -0.1) is 0 Å². The third kappa shape index (κ3) is 4.62. The van der Waals surface area contributed by atoms with Gasteiger partial charge in [0, 0.05) is 31.9 Å². The zero-order chi connectivity index (χ0) is 27.4. The van der Waals surface area contributed by atoms with Crippen molar-refractivity contribution in [1.82, 2.24) is 5.32 Å². The van der Waals surface area contributed by atoms with E-state index in [0.717, 1.165) is 11.1 Å². The average molecular weight is 646 g/mol. The molecule has 1 fully saturated rings. The predicted molar refractivity (Wildman–Crippen MR) is 158 cm³/mol. The van der Waals surface area contributed by atoms with Gasteiger partial charge in [0.25, 0.3) is 0 Å². The second-order valence-electron chi connectivity index (χ2n) is 11.5. The van der Waals surface area contributed by atoms with Gasteiger partial charge in [0.2, 0.25) is 11.8 Å². The molecule has 3 aromatic rings. The first-order valence-corrected chi connectivity index (χ1v) is 14.1. The summed E-state index contributed by atoms with van der Waals surface area (Å²) in [5, 5.41) is 10.0. The smallest absolute Gasteiger partial charge is 0.242 e. The third-order valence-corrected chi connectivity index (χ3v) is 8.61. The predicted octanol–water partition coefficient (Wildman–Crippen LogP) is 6.78. The van der Waals surface area contributed by atoms with Crippen LogP contribution in [0, 0.1) is 21.7 Å². The highest BCUT2D eigenvalue weighted by Gasteiger charge is 2.66. The fraction of sp³-hybridized carbons (Fsp3) is 0.333. The van der Waals surface area contributed by atoms with E-state index < -0.39 is 29.2 Å². The van der Waals surface area contributed by atoms with Crippen molar-refractivity contribution >= 4 is 57.4 Å². The maximum atomic E-state index is 15.9. The molecule has 2 aliphatic heterocycles. The fourth-order valence-electron chi connectivity index (χ4n) is 6.01. The van der Waals surface area contributed by atoms with Crippen LogP contribution in [0.2, 0.25) is 5.02 Å². The van der Waals surface area contributed by atoms with Gasteiger partial charge in [-0.3, -0.25) is 9.59 Å². The molecule has 2 heterocycles. The minimum Gasteiger partial charge on any atom is -0.325 e. The van der Waals surface area contributed by atoms with Crippen molar-refractivity contribution < 1.29 is 14.0 Å². The molecule has 1 spiro atoms. The maximum Gasteiger partial charge on any atom is 0.242 e. The minimum atomic E-state index is -1.23. The van der Waals surface area contributed by atoms with E-state index >= 15 is 4.39 Å². The van der Waals surface area contributed by atoms with Gasteiger partial charge in [0.05, 0.1) is 6.04 Å². The summed E-state index contributed by atoms with van der Waals surface area (Å²) in [7, 11) is 0. The molecule has 2 aliphatic rings. The monoisotopic (exact) mass is 645 g/mol. The van der Waals surface area contributed by atoms with Crippen molar-refractivity contribution in [3.05, 3.63) is 91.8 Å². The summed E-state index contributed by atoms with van der Waals surface area (Å²) >= 11 is 8.25. The van der Waals surface area contributed by atoms with Gasteiger partial charge in [-0.1, -0.05) is 68.3 Å². The Kier molecular flexibility index (Phi) is 7.07. The normalized spacial score (nSPS) is 24.4. The highest BCUT2D eigenvalue weighted by atomic mass is 127. The number of amides is 2. The van der Waals surface area contributed by atoms with Gasteiger partial charge < -0.3 is 16.0 Å². The van der Waals surface area contributed by atoms with E-state index in [-0.39, 0.29) is 17.2 Å². The number of carbonyl (C=O) groups is 2. The lowest BCUT2D eigenvalue weighted by Crippen LogP contribution is -2.49. The molecular formula is C30H30ClFIN3O2. The number of benzene rings is 3. The molecule has 4 atom stereocenters. The maximum absolute atomic E-state index is 15.9. The van der Waals surface area contributed by atoms with Gasteiger partial charge in [-0.05, 0) is 82.8 Å². The Morgan fingerprint density at radius 3 is 2.53 bits per heavy atom. The molecule has 0 aliphatic carbocycles. The SMILES string of the molecule is Cc1ccc(NC(=O)[C@@H]2N[C@@H](CC(C)(C)C)[C@@]3(C(=O)Nc4cc(Cl)ccc43)[C@H]2c2cccc(I)c2F)cc1. The molecule has 0 aromatic heterocycles. The lowest BCUT2D eigenvalue weighted by molar-refractivity contribution is -0.122. The van der Waals surface area contributed by atoms with Crippen LogP contribution >= 0.6 is 34.2 Å². The Morgan fingerprint density at radius 1 is 1.13 bits per heavy atom. The quantitative estimate of drug-likeness (QED) is 0.274. The number of halogens is 3. The van der Waals surface area contributed by atoms with E-state index in [9.17, 15) is 9.59 Å². The molecule has 38 heavy (non-hydrogen) atoms. The van der Waals surface area contributed by atoms with E-state index in [1.807, 2.05) is 59.8 Å². The summed E-state index contributed by atoms with van der Waals surface area (Å²) < 4.78 is 16.3. The molecule has 8 heteroatoms. The van der Waals surface area contributed by atoms with E-state index in [1.54, 1.807) is 30.3 Å². The Morgan fingerprint density at radius 2 is 1.84 bits per heavy atom. The number of anilines is 2. The summed E-state index contributed by atoms with van der Waals surface area (Å²) in [5.41, 5.74) is 1.96. The number of rotatable bonds is 4. The zero-order valence-electron chi connectivity index (χ0n) is 21.7. The zero-order valence-corrected chi connectivity index (χ0v) is 24.6. The van der Waals surface area contributed by atoms with E-state index in [1.165, 1.54) is 0 Å².